The van der Waals surface area contributed by atoms with Crippen LogP contribution in [0.5, 0.6) is 0 Å². The number of nitrogens with two attached hydrogens (primary N) is 1. The van der Waals surface area contributed by atoms with E-state index < -0.39 is 5.60 Å². The fraction of sp³-hybridized carbons (Fsp3) is 0.200. The van der Waals surface area contributed by atoms with Crippen LogP contribution in [0, 0.1) is 11.8 Å². The van der Waals surface area contributed by atoms with Crippen LogP contribution in [0.3, 0.4) is 0 Å². The second-order valence-electron chi connectivity index (χ2n) is 6.49. The number of hydrogen-bond donors (Lipinski definition) is 2. The molecule has 1 aliphatic heterocycles. The van der Waals surface area contributed by atoms with Crippen molar-refractivity contribution in [1.82, 2.24) is 19.9 Å². The molecule has 0 saturated carbocycles. The number of nitrogens with zero attached hydrogens (tertiary/aromatic N) is 4. The van der Waals surface area contributed by atoms with Gasteiger partial charge in [-0.3, -0.25) is 4.79 Å². The van der Waals surface area contributed by atoms with Gasteiger partial charge in [-0.25, -0.2) is 15.0 Å². The maximum absolute atomic E-state index is 12.0. The van der Waals surface area contributed by atoms with Gasteiger partial charge in [0.25, 0.3) is 5.91 Å². The number of anilines is 1. The summed E-state index contributed by atoms with van der Waals surface area (Å²) in [7, 11) is 1.66. The molecule has 7 nitrogen and oxygen atoms in total. The number of carbonyl (C=O) groups is 1. The first-order chi connectivity index (χ1) is 13.0. The number of aromatic nitrogens is 3. The van der Waals surface area contributed by atoms with E-state index in [0.717, 1.165) is 5.56 Å². The molecule has 7 heteroatoms. The molecular formula is C20H17N5O2. The normalized spacial score (nSPS) is 19.2. The largest absolute Gasteiger partial charge is 0.382 e. The van der Waals surface area contributed by atoms with E-state index >= 15 is 0 Å². The van der Waals surface area contributed by atoms with Crippen LogP contribution in [-0.4, -0.2) is 50.1 Å². The van der Waals surface area contributed by atoms with Crippen molar-refractivity contribution in [2.45, 2.75) is 12.0 Å². The van der Waals surface area contributed by atoms with Crippen LogP contribution in [0.4, 0.5) is 5.82 Å². The summed E-state index contributed by atoms with van der Waals surface area (Å²) < 4.78 is 0. The maximum Gasteiger partial charge on any atom is 0.267 e. The molecule has 4 rings (SSSR count). The number of nitrogen functional groups attached to an aromatic ring is 1. The molecule has 3 heterocycles. The Labute approximate surface area is 155 Å². The monoisotopic (exact) mass is 359 g/mol. The molecule has 3 N–H and O–H groups in total. The summed E-state index contributed by atoms with van der Waals surface area (Å²) in [5.41, 5.74) is 7.73. The van der Waals surface area contributed by atoms with E-state index in [1.165, 1.54) is 11.2 Å². The van der Waals surface area contributed by atoms with Gasteiger partial charge < -0.3 is 15.7 Å². The zero-order valence-corrected chi connectivity index (χ0v) is 14.7. The fourth-order valence-electron chi connectivity index (χ4n) is 3.02. The third-order valence-electron chi connectivity index (χ3n) is 4.59. The molecule has 3 aromatic rings. The number of carbonyl (C=O) groups excluding carboxylic acids is 1. The smallest absolute Gasteiger partial charge is 0.267 e. The van der Waals surface area contributed by atoms with Gasteiger partial charge in [0.1, 0.15) is 11.8 Å². The van der Waals surface area contributed by atoms with Gasteiger partial charge in [-0.1, -0.05) is 24.0 Å². The van der Waals surface area contributed by atoms with Crippen molar-refractivity contribution in [3.05, 3.63) is 48.3 Å². The number of fused-ring (bicyclic) bond motifs is 1. The Kier molecular flexibility index (Phi) is 3.98. The van der Waals surface area contributed by atoms with Crippen LogP contribution >= 0.6 is 0 Å². The highest BCUT2D eigenvalue weighted by atomic mass is 16.3. The second-order valence-corrected chi connectivity index (χ2v) is 6.49. The van der Waals surface area contributed by atoms with Crippen LogP contribution in [0.2, 0.25) is 0 Å². The Bertz CT molecular complexity index is 1120. The Morgan fingerprint density at radius 2 is 2.11 bits per heavy atom. The van der Waals surface area contributed by atoms with Crippen molar-refractivity contribution in [1.29, 1.82) is 0 Å². The zero-order chi connectivity index (χ0) is 19.0. The third-order valence-corrected chi connectivity index (χ3v) is 4.59. The second kappa shape index (κ2) is 6.34. The summed E-state index contributed by atoms with van der Waals surface area (Å²) in [6.07, 6.45) is 1.71. The first kappa shape index (κ1) is 16.9. The summed E-state index contributed by atoms with van der Waals surface area (Å²) >= 11 is 0. The first-order valence-corrected chi connectivity index (χ1v) is 8.45. The molecule has 1 amide bonds. The third kappa shape index (κ3) is 3.07. The molecule has 1 saturated heterocycles. The molecule has 1 aliphatic rings. The van der Waals surface area contributed by atoms with Gasteiger partial charge in [0.15, 0.2) is 5.82 Å². The Hall–Kier alpha value is -3.50. The van der Waals surface area contributed by atoms with E-state index in [2.05, 4.69) is 26.8 Å². The van der Waals surface area contributed by atoms with E-state index in [1.807, 2.05) is 36.4 Å². The molecule has 0 bridgehead atoms. The summed E-state index contributed by atoms with van der Waals surface area (Å²) in [4.78, 5) is 26.2. The van der Waals surface area contributed by atoms with Gasteiger partial charge >= 0.3 is 0 Å². The van der Waals surface area contributed by atoms with E-state index in [1.54, 1.807) is 7.05 Å². The number of likely N-dealkylation sites (N-methyl/N-ethyl adjacent to an activating group) is 1. The Balaban J connectivity index is 1.69. The summed E-state index contributed by atoms with van der Waals surface area (Å²) in [6, 6.07) is 11.1. The number of hydrogen-bond acceptors (Lipinski definition) is 6. The van der Waals surface area contributed by atoms with Crippen molar-refractivity contribution >= 4 is 22.8 Å². The van der Waals surface area contributed by atoms with Crippen LogP contribution < -0.4 is 5.73 Å². The molecule has 0 radical (unpaired) electrons. The minimum atomic E-state index is -1.61. The maximum atomic E-state index is 12.0. The van der Waals surface area contributed by atoms with Crippen LogP contribution in [0.15, 0.2) is 42.7 Å². The first-order valence-electron chi connectivity index (χ1n) is 8.45. The van der Waals surface area contributed by atoms with Crippen molar-refractivity contribution < 1.29 is 9.90 Å². The van der Waals surface area contributed by atoms with Gasteiger partial charge in [-0.2, -0.15) is 0 Å². The van der Waals surface area contributed by atoms with Crippen LogP contribution in [0.1, 0.15) is 12.0 Å². The molecule has 1 fully saturated rings. The highest BCUT2D eigenvalue weighted by Gasteiger charge is 2.42. The van der Waals surface area contributed by atoms with Gasteiger partial charge in [0.05, 0.1) is 11.2 Å². The Morgan fingerprint density at radius 3 is 2.89 bits per heavy atom. The Morgan fingerprint density at radius 1 is 1.26 bits per heavy atom. The lowest BCUT2D eigenvalue weighted by Crippen LogP contribution is -2.37. The number of pyridine rings is 1. The zero-order valence-electron chi connectivity index (χ0n) is 14.7. The molecule has 1 aromatic carbocycles. The predicted octanol–water partition coefficient (Wildman–Crippen LogP) is 1.22. The molecule has 0 spiro atoms. The van der Waals surface area contributed by atoms with E-state index in [0.29, 0.717) is 41.1 Å². The average Bonchev–Trinajstić information content (AvgIpc) is 2.95. The van der Waals surface area contributed by atoms with Gasteiger partial charge in [0.2, 0.25) is 5.60 Å². The number of benzene rings is 1. The predicted molar refractivity (Wildman–Crippen MR) is 101 cm³/mol. The fourth-order valence-corrected chi connectivity index (χ4v) is 3.02. The van der Waals surface area contributed by atoms with E-state index in [-0.39, 0.29) is 5.91 Å². The highest BCUT2D eigenvalue weighted by molar-refractivity contribution is 5.90. The van der Waals surface area contributed by atoms with Crippen LogP contribution in [0.25, 0.3) is 22.3 Å². The lowest BCUT2D eigenvalue weighted by Gasteiger charge is -2.13. The van der Waals surface area contributed by atoms with Crippen LogP contribution in [-0.2, 0) is 4.79 Å². The molecule has 2 aromatic heterocycles. The van der Waals surface area contributed by atoms with Gasteiger partial charge in [-0.05, 0) is 24.3 Å². The average molecular weight is 359 g/mol. The van der Waals surface area contributed by atoms with Gasteiger partial charge in [-0.15, -0.1) is 0 Å². The van der Waals surface area contributed by atoms with Gasteiger partial charge in [0, 0.05) is 31.1 Å². The standard InChI is InChI=1S/C20H17N5O2/c1-25-10-9-20(27,19(25)26)8-7-13-3-2-4-14(11-13)15-5-6-16-17(24-15)18(21)23-12-22-16/h2-6,11-12,27H,9-10H2,1H3,(H2,21,22,23). The number of rotatable bonds is 1. The summed E-state index contributed by atoms with van der Waals surface area (Å²) in [5.74, 6) is 5.60. The molecule has 1 atom stereocenters. The number of aliphatic hydroxyl groups is 1. The molecule has 27 heavy (non-hydrogen) atoms. The lowest BCUT2D eigenvalue weighted by molar-refractivity contribution is -0.137. The SMILES string of the molecule is CN1CCC(O)(C#Cc2cccc(-c3ccc4ncnc(N)c4n3)c2)C1=O. The van der Waals surface area contributed by atoms with Crippen molar-refractivity contribution in [2.75, 3.05) is 19.3 Å². The van der Waals surface area contributed by atoms with Crippen molar-refractivity contribution in [3.8, 4) is 23.1 Å². The summed E-state index contributed by atoms with van der Waals surface area (Å²) in [6.45, 7) is 0.495. The number of amides is 1. The molecule has 1 unspecified atom stereocenters. The lowest BCUT2D eigenvalue weighted by atomic mass is 10.0. The minimum Gasteiger partial charge on any atom is -0.382 e. The minimum absolute atomic E-state index is 0.306. The highest BCUT2D eigenvalue weighted by Crippen LogP contribution is 2.24. The topological polar surface area (TPSA) is 105 Å². The molecular weight excluding hydrogens is 342 g/mol. The molecule has 0 aliphatic carbocycles. The number of likely N-dealkylation sites (tertiary alicyclic amines) is 1. The quantitative estimate of drug-likeness (QED) is 0.633. The van der Waals surface area contributed by atoms with Crippen molar-refractivity contribution in [2.24, 2.45) is 0 Å². The molecule has 134 valence electrons. The summed E-state index contributed by atoms with van der Waals surface area (Å²) in [5, 5.41) is 10.4. The van der Waals surface area contributed by atoms with E-state index in [4.69, 9.17) is 5.73 Å². The van der Waals surface area contributed by atoms with Crippen molar-refractivity contribution in [3.63, 3.8) is 0 Å². The van der Waals surface area contributed by atoms with E-state index in [9.17, 15) is 9.90 Å².